The van der Waals surface area contributed by atoms with Gasteiger partial charge in [0, 0.05) is 0 Å². The molecular weight excluding hydrogens is 435 g/mol. The number of rotatable bonds is 0. The van der Waals surface area contributed by atoms with Crippen molar-refractivity contribution in [3.63, 3.8) is 0 Å². The summed E-state index contributed by atoms with van der Waals surface area (Å²) in [4.78, 5) is 0. The third kappa shape index (κ3) is 395. The maximum absolute atomic E-state index is 4.95. The van der Waals surface area contributed by atoms with Gasteiger partial charge >= 0.3 is 42.8 Å². The quantitative estimate of drug-likeness (QED) is 0.356. The van der Waals surface area contributed by atoms with Gasteiger partial charge < -0.3 is 32.9 Å². The van der Waals surface area contributed by atoms with Crippen LogP contribution in [0.25, 0.3) is 0 Å². The molecule has 0 aliphatic heterocycles. The van der Waals surface area contributed by atoms with Crippen LogP contribution in [-0.2, 0) is 15.2 Å². The molecule has 6 nitrogen and oxygen atoms in total. The fourth-order valence-electron chi connectivity index (χ4n) is 0. The Kier molecular flexibility index (Phi) is 440. The molecule has 0 saturated heterocycles. The van der Waals surface area contributed by atoms with Gasteiger partial charge in [-0.3, -0.25) is 0 Å². The molecule has 12 N–H and O–H groups in total. The molecule has 11 heteroatoms. The second kappa shape index (κ2) is 61.0. The summed E-state index contributed by atoms with van der Waals surface area (Å²) >= 11 is -1.79. The van der Waals surface area contributed by atoms with Gasteiger partial charge in [-0.2, -0.15) is 0 Å². The Morgan fingerprint density at radius 2 is 0.545 bits per heavy atom. The van der Waals surface area contributed by atoms with Crippen LogP contribution < -0.4 is 0 Å². The van der Waals surface area contributed by atoms with Crippen LogP contribution in [-0.4, -0.2) is 32.9 Å². The van der Waals surface area contributed by atoms with E-state index in [1.54, 1.807) is 0 Å². The van der Waals surface area contributed by atoms with E-state index in [-0.39, 0.29) is 45.3 Å². The van der Waals surface area contributed by atoms with Gasteiger partial charge in [-0.1, -0.05) is 0 Å². The van der Waals surface area contributed by atoms with Gasteiger partial charge in [-0.25, -0.2) is 0 Å². The fourth-order valence-corrected chi connectivity index (χ4v) is 0. The van der Waals surface area contributed by atoms with Gasteiger partial charge in [0.2, 0.25) is 0 Å². The van der Waals surface area contributed by atoms with E-state index >= 15 is 0 Å². The summed E-state index contributed by atoms with van der Waals surface area (Å²) < 4.78 is 0. The second-order valence-electron chi connectivity index (χ2n) is 0.129. The van der Waals surface area contributed by atoms with E-state index in [0.717, 1.165) is 0 Å². The molecule has 0 heterocycles. The van der Waals surface area contributed by atoms with Crippen molar-refractivity contribution < 1.29 is 48.1 Å². The Morgan fingerprint density at radius 3 is 0.545 bits per heavy atom. The minimum atomic E-state index is -1.79. The fraction of sp³-hybridized carbons (Fsp3) is 0. The van der Waals surface area contributed by atoms with Gasteiger partial charge in [0.05, 0.1) is 0 Å². The Labute approximate surface area is 87.7 Å². The van der Waals surface area contributed by atoms with Crippen molar-refractivity contribution in [2.45, 2.75) is 0 Å². The van der Waals surface area contributed by atoms with Crippen molar-refractivity contribution in [1.82, 2.24) is 0 Å². The molecule has 88 valence electrons. The summed E-state index contributed by atoms with van der Waals surface area (Å²) in [5.74, 6) is 0. The third-order valence-corrected chi connectivity index (χ3v) is 0. The summed E-state index contributed by atoms with van der Waals surface area (Å²) in [6.07, 6.45) is 0. The van der Waals surface area contributed by atoms with Crippen molar-refractivity contribution in [2.24, 2.45) is 0 Å². The van der Waals surface area contributed by atoms with Gasteiger partial charge in [0.15, 0.2) is 0 Å². The predicted octanol–water partition coefficient (Wildman–Crippen LogP) is -2.46. The third-order valence-electron chi connectivity index (χ3n) is 0. The summed E-state index contributed by atoms with van der Waals surface area (Å²) in [7, 11) is 14.9. The molecule has 0 radical (unpaired) electrons. The normalized spacial score (nSPS) is 4.09. The summed E-state index contributed by atoms with van der Waals surface area (Å²) in [6, 6.07) is 0. The van der Waals surface area contributed by atoms with Crippen molar-refractivity contribution >= 4 is 40.0 Å². The first-order valence-corrected chi connectivity index (χ1v) is 8.40. The van der Waals surface area contributed by atoms with Gasteiger partial charge in [-0.05, 0) is 0 Å². The van der Waals surface area contributed by atoms with Crippen LogP contribution in [0, 0.1) is 0 Å². The molecule has 11 heavy (non-hydrogen) atoms. The van der Waals surface area contributed by atoms with Crippen LogP contribution in [0.3, 0.4) is 0 Å². The Hall–Kier alpha value is 1.66. The van der Waals surface area contributed by atoms with Crippen LogP contribution in [0.15, 0.2) is 0 Å². The van der Waals surface area contributed by atoms with E-state index in [1.807, 2.05) is 0 Å². The molecule has 0 spiro atoms. The predicted molar refractivity (Wildman–Crippen MR) is 46.5 cm³/mol. The molecule has 0 unspecified atom stereocenters. The van der Waals surface area contributed by atoms with E-state index in [9.17, 15) is 0 Å². The first kappa shape index (κ1) is 79.3. The molecule has 0 aromatic rings. The second-order valence-corrected chi connectivity index (χ2v) is 9.52. The molecule has 0 saturated carbocycles. The minimum absolute atomic E-state index is 0. The van der Waals surface area contributed by atoms with Crippen molar-refractivity contribution in [3.8, 4) is 0 Å². The topological polar surface area (TPSA) is 189 Å². The van der Waals surface area contributed by atoms with E-state index in [2.05, 4.69) is 0 Å². The first-order valence-electron chi connectivity index (χ1n) is 0.342. The maximum atomic E-state index is 4.95. The van der Waals surface area contributed by atoms with Crippen LogP contribution in [0.5, 0.6) is 0 Å². The molecule has 0 aromatic carbocycles. The molecular formula is H13AuCl4O6. The average Bonchev–Trinajstić information content (AvgIpc) is 0.811. The zero-order valence-electron chi connectivity index (χ0n) is 4.84. The Bertz CT molecular complexity index is 19.3. The van der Waals surface area contributed by atoms with Crippen molar-refractivity contribution in [2.75, 3.05) is 0 Å². The average molecular weight is 448 g/mol. The Balaban J connectivity index is -0.00000000214. The van der Waals surface area contributed by atoms with Gasteiger partial charge in [-0.15, -0.1) is 12.4 Å². The van der Waals surface area contributed by atoms with Crippen LogP contribution in [0.2, 0.25) is 0 Å². The zero-order chi connectivity index (χ0) is 3.58. The molecule has 0 aliphatic carbocycles. The van der Waals surface area contributed by atoms with Crippen molar-refractivity contribution in [3.05, 3.63) is 0 Å². The number of halogens is 4. The number of hydrogen-bond donors (Lipinski definition) is 0. The van der Waals surface area contributed by atoms with Crippen LogP contribution in [0.1, 0.15) is 0 Å². The van der Waals surface area contributed by atoms with E-state index in [4.69, 9.17) is 27.6 Å². The van der Waals surface area contributed by atoms with Crippen LogP contribution in [0.4, 0.5) is 0 Å². The SMILES string of the molecule is Cl.O.O.O.O.O.O.[Cl][Au]([Cl])[Cl]. The Morgan fingerprint density at radius 1 is 0.545 bits per heavy atom. The van der Waals surface area contributed by atoms with E-state index in [1.165, 1.54) is 0 Å². The molecule has 0 aromatic heterocycles. The van der Waals surface area contributed by atoms with Crippen molar-refractivity contribution in [1.29, 1.82) is 0 Å². The molecule has 0 bridgehead atoms. The molecule has 0 rings (SSSR count). The summed E-state index contributed by atoms with van der Waals surface area (Å²) in [5.41, 5.74) is 0. The molecule has 0 atom stereocenters. The first-order chi connectivity index (χ1) is 1.73. The molecule has 0 fully saturated rings. The van der Waals surface area contributed by atoms with E-state index < -0.39 is 15.2 Å². The molecule has 0 amide bonds. The zero-order valence-corrected chi connectivity index (χ0v) is 10.1. The summed E-state index contributed by atoms with van der Waals surface area (Å²) in [5, 5.41) is 0. The molecule has 0 aliphatic rings. The standard InChI is InChI=1S/Au.4ClH.6H2O/h;4*1H;6*1H2/q+3;;;;;;;;;;/p-3. The van der Waals surface area contributed by atoms with Crippen LogP contribution >= 0.6 is 40.0 Å². The number of hydrogen-bond acceptors (Lipinski definition) is 0. The monoisotopic (exact) mass is 446 g/mol. The van der Waals surface area contributed by atoms with E-state index in [0.29, 0.717) is 0 Å². The van der Waals surface area contributed by atoms with Gasteiger partial charge in [0.25, 0.3) is 0 Å². The summed E-state index contributed by atoms with van der Waals surface area (Å²) in [6.45, 7) is 0. The van der Waals surface area contributed by atoms with Gasteiger partial charge in [0.1, 0.15) is 0 Å².